The maximum absolute atomic E-state index is 12.1. The van der Waals surface area contributed by atoms with Gasteiger partial charge in [0.2, 0.25) is 12.2 Å². The van der Waals surface area contributed by atoms with Crippen LogP contribution in [0.3, 0.4) is 0 Å². The van der Waals surface area contributed by atoms with Gasteiger partial charge < -0.3 is 28.8 Å². The highest BCUT2D eigenvalue weighted by molar-refractivity contribution is 5.59. The second kappa shape index (κ2) is 24.8. The predicted molar refractivity (Wildman–Crippen MR) is 185 cm³/mol. The molecule has 4 unspecified atom stereocenters. The zero-order chi connectivity index (χ0) is 34.3. The van der Waals surface area contributed by atoms with Gasteiger partial charge in [0, 0.05) is 30.7 Å². The maximum atomic E-state index is 12.1. The molecule has 1 N–H and O–H groups in total. The molecule has 9 nitrogen and oxygen atoms in total. The summed E-state index contributed by atoms with van der Waals surface area (Å²) < 4.78 is 30.5. The van der Waals surface area contributed by atoms with Gasteiger partial charge in [-0.15, -0.1) is 5.10 Å². The van der Waals surface area contributed by atoms with Crippen LogP contribution in [0.1, 0.15) is 143 Å². The molecule has 46 heavy (non-hydrogen) atoms. The van der Waals surface area contributed by atoms with Crippen molar-refractivity contribution < 1.29 is 33.6 Å². The summed E-state index contributed by atoms with van der Waals surface area (Å²) in [5, 5.41) is 15.4. The van der Waals surface area contributed by atoms with E-state index in [1.165, 1.54) is 36.8 Å². The van der Waals surface area contributed by atoms with Crippen molar-refractivity contribution in [3.05, 3.63) is 34.6 Å². The number of aromatic nitrogens is 2. The van der Waals surface area contributed by atoms with Crippen LogP contribution in [-0.2, 0) is 25.4 Å². The van der Waals surface area contributed by atoms with Gasteiger partial charge in [-0.3, -0.25) is 4.68 Å². The molecule has 266 valence electrons. The summed E-state index contributed by atoms with van der Waals surface area (Å²) in [4.78, 5) is 12.1. The number of allylic oxidation sites excluding steroid dienone is 4. The van der Waals surface area contributed by atoms with Crippen molar-refractivity contribution >= 4 is 6.16 Å². The molecular weight excluding hydrogens is 584 g/mol. The number of unbranched alkanes of at least 4 members (excludes halogenated alkanes) is 5. The first-order valence-electron chi connectivity index (χ1n) is 17.9. The molecule has 0 saturated carbocycles. The number of aliphatic hydroxyl groups is 1. The lowest BCUT2D eigenvalue weighted by Gasteiger charge is -2.32. The Morgan fingerprint density at radius 1 is 1.02 bits per heavy atom. The Morgan fingerprint density at radius 2 is 1.72 bits per heavy atom. The highest BCUT2D eigenvalue weighted by Gasteiger charge is 2.33. The van der Waals surface area contributed by atoms with E-state index in [1.807, 2.05) is 18.5 Å². The van der Waals surface area contributed by atoms with Crippen molar-refractivity contribution in [2.45, 2.75) is 164 Å². The topological polar surface area (TPSA) is 101 Å². The van der Waals surface area contributed by atoms with Gasteiger partial charge in [-0.1, -0.05) is 96.4 Å². The van der Waals surface area contributed by atoms with Crippen LogP contribution in [0.25, 0.3) is 0 Å². The molecule has 2 saturated heterocycles. The quantitative estimate of drug-likeness (QED) is 0.107. The van der Waals surface area contributed by atoms with Crippen molar-refractivity contribution in [3.63, 3.8) is 0 Å². The second-order valence-corrected chi connectivity index (χ2v) is 12.4. The molecule has 2 fully saturated rings. The number of ether oxygens (including phenoxy) is 5. The fourth-order valence-corrected chi connectivity index (χ4v) is 5.19. The van der Waals surface area contributed by atoms with E-state index in [0.717, 1.165) is 56.4 Å². The highest BCUT2D eigenvalue weighted by Crippen LogP contribution is 2.32. The Kier molecular flexibility index (Phi) is 22.4. The van der Waals surface area contributed by atoms with Crippen LogP contribution in [0.2, 0.25) is 0 Å². The summed E-state index contributed by atoms with van der Waals surface area (Å²) in [7, 11) is 0. The SMILES string of the molecule is CC.CCC.CCCCCCCCOC(=O)OCC1CC(O)CC(Oc2nn(C3CCOC3)c(C)c2CC/C(C)=C/C=C(C)C)O1. The van der Waals surface area contributed by atoms with Gasteiger partial charge >= 0.3 is 6.16 Å². The molecule has 1 aromatic rings. The van der Waals surface area contributed by atoms with Gasteiger partial charge in [-0.05, 0) is 53.4 Å². The van der Waals surface area contributed by atoms with Crippen LogP contribution >= 0.6 is 0 Å². The fraction of sp³-hybridized carbons (Fsp3) is 0.784. The lowest BCUT2D eigenvalue weighted by molar-refractivity contribution is -0.187. The molecule has 2 aliphatic heterocycles. The normalized spacial score (nSPS) is 21.0. The molecule has 0 bridgehead atoms. The third-order valence-electron chi connectivity index (χ3n) is 7.65. The van der Waals surface area contributed by atoms with Crippen LogP contribution in [0.15, 0.2) is 23.3 Å². The minimum Gasteiger partial charge on any atom is -0.446 e. The van der Waals surface area contributed by atoms with Gasteiger partial charge in [0.1, 0.15) is 6.61 Å². The third kappa shape index (κ3) is 16.5. The molecule has 2 aliphatic rings. The molecule has 3 rings (SSSR count). The molecule has 0 amide bonds. The Hall–Kier alpha value is -2.36. The molecule has 4 atom stereocenters. The molecule has 0 radical (unpaired) electrons. The molecular formula is C37H66N2O7. The van der Waals surface area contributed by atoms with Crippen molar-refractivity contribution in [3.8, 4) is 5.88 Å². The average Bonchev–Trinajstić information content (AvgIpc) is 3.66. The first-order valence-corrected chi connectivity index (χ1v) is 17.9. The smallest absolute Gasteiger partial charge is 0.446 e. The van der Waals surface area contributed by atoms with Gasteiger partial charge in [-0.2, -0.15) is 0 Å². The van der Waals surface area contributed by atoms with Crippen LogP contribution in [0, 0.1) is 6.92 Å². The second-order valence-electron chi connectivity index (χ2n) is 12.4. The number of carbonyl (C=O) groups is 1. The lowest BCUT2D eigenvalue weighted by Crippen LogP contribution is -2.41. The molecule has 0 aromatic carbocycles. The van der Waals surface area contributed by atoms with E-state index < -0.39 is 24.7 Å². The van der Waals surface area contributed by atoms with Crippen molar-refractivity contribution in [2.75, 3.05) is 26.4 Å². The van der Waals surface area contributed by atoms with Gasteiger partial charge in [0.05, 0.1) is 31.5 Å². The highest BCUT2D eigenvalue weighted by atomic mass is 16.7. The summed E-state index contributed by atoms with van der Waals surface area (Å²) in [6.45, 7) is 20.5. The monoisotopic (exact) mass is 650 g/mol. The Bertz CT molecular complexity index is 1010. The third-order valence-corrected chi connectivity index (χ3v) is 7.65. The van der Waals surface area contributed by atoms with Gasteiger partial charge in [0.15, 0.2) is 0 Å². The van der Waals surface area contributed by atoms with E-state index in [-0.39, 0.29) is 12.6 Å². The molecule has 0 aliphatic carbocycles. The van der Waals surface area contributed by atoms with E-state index in [1.54, 1.807) is 0 Å². The fourth-order valence-electron chi connectivity index (χ4n) is 5.19. The summed E-state index contributed by atoms with van der Waals surface area (Å²) in [5.74, 6) is 0.529. The number of rotatable bonds is 16. The molecule has 1 aromatic heterocycles. The van der Waals surface area contributed by atoms with Crippen LogP contribution in [-0.4, -0.2) is 66.0 Å². The number of hydrogen-bond donors (Lipinski definition) is 1. The van der Waals surface area contributed by atoms with E-state index in [0.29, 0.717) is 31.9 Å². The molecule has 9 heteroatoms. The van der Waals surface area contributed by atoms with Gasteiger partial charge in [-0.25, -0.2) is 4.79 Å². The van der Waals surface area contributed by atoms with E-state index >= 15 is 0 Å². The number of aliphatic hydroxyl groups excluding tert-OH is 1. The van der Waals surface area contributed by atoms with Crippen molar-refractivity contribution in [2.24, 2.45) is 0 Å². The number of carbonyl (C=O) groups excluding carboxylic acids is 1. The zero-order valence-corrected chi connectivity index (χ0v) is 30.6. The van der Waals surface area contributed by atoms with Gasteiger partial charge in [0.25, 0.3) is 0 Å². The Balaban J connectivity index is 0.00000199. The minimum atomic E-state index is -0.702. The average molecular weight is 651 g/mol. The van der Waals surface area contributed by atoms with E-state index in [4.69, 9.17) is 28.8 Å². The summed E-state index contributed by atoms with van der Waals surface area (Å²) in [6.07, 6.45) is 12.9. The van der Waals surface area contributed by atoms with Crippen molar-refractivity contribution in [1.29, 1.82) is 0 Å². The Labute approximate surface area is 280 Å². The Morgan fingerprint density at radius 3 is 2.37 bits per heavy atom. The first kappa shape index (κ1) is 41.7. The zero-order valence-electron chi connectivity index (χ0n) is 30.6. The minimum absolute atomic E-state index is 0.000341. The number of nitrogens with zero attached hydrogens (tertiary/aromatic N) is 2. The van der Waals surface area contributed by atoms with E-state index in [2.05, 4.69) is 60.6 Å². The van der Waals surface area contributed by atoms with Crippen LogP contribution < -0.4 is 4.74 Å². The molecule has 3 heterocycles. The molecule has 0 spiro atoms. The largest absolute Gasteiger partial charge is 0.508 e. The summed E-state index contributed by atoms with van der Waals surface area (Å²) >= 11 is 0. The summed E-state index contributed by atoms with van der Waals surface area (Å²) in [5.41, 5.74) is 4.64. The lowest BCUT2D eigenvalue weighted by atomic mass is 10.0. The predicted octanol–water partition coefficient (Wildman–Crippen LogP) is 9.20. The maximum Gasteiger partial charge on any atom is 0.508 e. The first-order chi connectivity index (χ1) is 22.2. The van der Waals surface area contributed by atoms with E-state index in [9.17, 15) is 9.90 Å². The van der Waals surface area contributed by atoms with Crippen molar-refractivity contribution in [1.82, 2.24) is 9.78 Å². The summed E-state index contributed by atoms with van der Waals surface area (Å²) in [6, 6.07) is 0.176. The van der Waals surface area contributed by atoms with Crippen LogP contribution in [0.4, 0.5) is 4.79 Å². The number of hydrogen-bond acceptors (Lipinski definition) is 8. The van der Waals surface area contributed by atoms with Crippen LogP contribution in [0.5, 0.6) is 5.88 Å². The standard InChI is InChI=1S/C32H52N2O7.C3H8.C2H6/c1-6-7-8-9-10-11-17-38-32(36)39-22-28-19-27(35)20-30(40-28)41-31-29(15-14-24(4)13-12-23(2)3)25(5)34(33-31)26-16-18-37-21-26;1-3-2;1-2/h12-13,26-28,30,35H,6-11,14-22H2,1-5H3;3H2,1-2H3;1-2H3/b24-13+;;.